The van der Waals surface area contributed by atoms with Gasteiger partial charge in [-0.05, 0) is 72.6 Å². The van der Waals surface area contributed by atoms with E-state index in [0.717, 1.165) is 4.90 Å². The monoisotopic (exact) mass is 433 g/mol. The molecule has 1 aromatic rings. The number of pyridine rings is 1. The lowest BCUT2D eigenvalue weighted by molar-refractivity contribution is -0.136. The molecule has 1 aliphatic heterocycles. The minimum atomic E-state index is -0.915. The molecule has 0 aliphatic carbocycles. The molecule has 9 heteroatoms. The number of ketones is 1. The third kappa shape index (κ3) is 7.04. The van der Waals surface area contributed by atoms with Gasteiger partial charge >= 0.3 is 12.2 Å². The molecule has 0 radical (unpaired) electrons. The number of ether oxygens (including phenoxy) is 2. The Balaban J connectivity index is 2.30. The first-order valence-corrected chi connectivity index (χ1v) is 10.2. The Kier molecular flexibility index (Phi) is 7.08. The molecular formula is C22H31N3O6. The smallest absolute Gasteiger partial charge is 0.425 e. The Morgan fingerprint density at radius 1 is 1.06 bits per heavy atom. The third-order valence-corrected chi connectivity index (χ3v) is 4.30. The molecule has 170 valence electrons. The average molecular weight is 434 g/mol. The van der Waals surface area contributed by atoms with Gasteiger partial charge in [-0.25, -0.2) is 14.6 Å². The SMILES string of the molecule is CC(=O)C[C@H]1NC(=O)[C@@H]1Cc1ccnc(N(C(=O)OC(C)(C)C)C(=O)OC(C)(C)C)c1. The van der Waals surface area contributed by atoms with Crippen LogP contribution in [0, 0.1) is 5.92 Å². The lowest BCUT2D eigenvalue weighted by Crippen LogP contribution is -2.59. The van der Waals surface area contributed by atoms with Crippen molar-refractivity contribution in [2.24, 2.45) is 5.92 Å². The first-order chi connectivity index (χ1) is 14.2. The number of carbonyl (C=O) groups is 4. The molecule has 1 fully saturated rings. The summed E-state index contributed by atoms with van der Waals surface area (Å²) in [7, 11) is 0. The number of carbonyl (C=O) groups excluding carboxylic acids is 4. The van der Waals surface area contributed by atoms with Gasteiger partial charge in [0, 0.05) is 18.7 Å². The first-order valence-electron chi connectivity index (χ1n) is 10.2. The molecular weight excluding hydrogens is 402 g/mol. The molecule has 1 aliphatic rings. The van der Waals surface area contributed by atoms with Gasteiger partial charge in [-0.3, -0.25) is 9.59 Å². The van der Waals surface area contributed by atoms with Crippen LogP contribution < -0.4 is 10.2 Å². The molecule has 2 rings (SSSR count). The van der Waals surface area contributed by atoms with E-state index < -0.39 is 23.4 Å². The van der Waals surface area contributed by atoms with Gasteiger partial charge in [0.15, 0.2) is 0 Å². The van der Waals surface area contributed by atoms with Crippen molar-refractivity contribution >= 4 is 29.7 Å². The fraction of sp³-hybridized carbons (Fsp3) is 0.591. The number of β-lactam (4-membered cyclic amide) rings is 1. The predicted octanol–water partition coefficient (Wildman–Crippen LogP) is 3.39. The van der Waals surface area contributed by atoms with Gasteiger partial charge in [0.05, 0.1) is 5.92 Å². The molecule has 0 bridgehead atoms. The Labute approximate surface area is 182 Å². The van der Waals surface area contributed by atoms with Crippen LogP contribution in [0.5, 0.6) is 0 Å². The zero-order valence-electron chi connectivity index (χ0n) is 19.1. The van der Waals surface area contributed by atoms with Gasteiger partial charge in [0.25, 0.3) is 0 Å². The summed E-state index contributed by atoms with van der Waals surface area (Å²) in [6, 6.07) is 3.02. The summed E-state index contributed by atoms with van der Waals surface area (Å²) in [6.07, 6.45) is 0.221. The van der Waals surface area contributed by atoms with E-state index >= 15 is 0 Å². The number of nitrogens with zero attached hydrogens (tertiary/aromatic N) is 2. The highest BCUT2D eigenvalue weighted by Gasteiger charge is 2.40. The van der Waals surface area contributed by atoms with Gasteiger partial charge in [-0.15, -0.1) is 0 Å². The predicted molar refractivity (Wildman–Crippen MR) is 114 cm³/mol. The number of anilines is 1. The van der Waals surface area contributed by atoms with Gasteiger partial charge in [0.1, 0.15) is 22.8 Å². The van der Waals surface area contributed by atoms with E-state index in [9.17, 15) is 19.2 Å². The highest BCUT2D eigenvalue weighted by molar-refractivity contribution is 6.08. The number of aromatic nitrogens is 1. The number of hydrogen-bond donors (Lipinski definition) is 1. The van der Waals surface area contributed by atoms with Crippen molar-refractivity contribution in [1.82, 2.24) is 10.3 Å². The van der Waals surface area contributed by atoms with Crippen LogP contribution in [0.3, 0.4) is 0 Å². The quantitative estimate of drug-likeness (QED) is 0.708. The molecule has 0 saturated carbocycles. The largest absolute Gasteiger partial charge is 0.443 e. The van der Waals surface area contributed by atoms with Crippen molar-refractivity contribution in [2.45, 2.75) is 78.6 Å². The van der Waals surface area contributed by atoms with E-state index in [2.05, 4.69) is 10.3 Å². The van der Waals surface area contributed by atoms with Crippen LogP contribution in [0.25, 0.3) is 0 Å². The Morgan fingerprint density at radius 3 is 2.06 bits per heavy atom. The summed E-state index contributed by atoms with van der Waals surface area (Å²) in [5.41, 5.74) is -0.979. The summed E-state index contributed by atoms with van der Waals surface area (Å²) < 4.78 is 10.7. The van der Waals surface area contributed by atoms with Gasteiger partial charge < -0.3 is 14.8 Å². The summed E-state index contributed by atoms with van der Waals surface area (Å²) in [5.74, 6) is -0.480. The second-order valence-electron chi connectivity index (χ2n) is 9.65. The maximum atomic E-state index is 12.8. The van der Waals surface area contributed by atoms with Crippen LogP contribution in [0.2, 0.25) is 0 Å². The number of imide groups is 1. The van der Waals surface area contributed by atoms with E-state index in [1.54, 1.807) is 53.7 Å². The second kappa shape index (κ2) is 9.03. The molecule has 2 atom stereocenters. The number of Topliss-reactive ketones (excluding diaryl/α,β-unsaturated/α-hetero) is 1. The van der Waals surface area contributed by atoms with Gasteiger partial charge in [-0.2, -0.15) is 4.90 Å². The number of rotatable bonds is 5. The summed E-state index contributed by atoms with van der Waals surface area (Å²) >= 11 is 0. The maximum absolute atomic E-state index is 12.8. The van der Waals surface area contributed by atoms with Crippen molar-refractivity contribution in [3.05, 3.63) is 23.9 Å². The van der Waals surface area contributed by atoms with Crippen LogP contribution in [0.1, 0.15) is 60.5 Å². The van der Waals surface area contributed by atoms with Crippen molar-refractivity contribution in [3.8, 4) is 0 Å². The zero-order valence-corrected chi connectivity index (χ0v) is 19.1. The van der Waals surface area contributed by atoms with E-state index in [0.29, 0.717) is 12.0 Å². The Morgan fingerprint density at radius 2 is 1.61 bits per heavy atom. The highest BCUT2D eigenvalue weighted by atomic mass is 16.6. The summed E-state index contributed by atoms with van der Waals surface area (Å²) in [5, 5.41) is 2.74. The minimum absolute atomic E-state index is 0.00792. The third-order valence-electron chi connectivity index (χ3n) is 4.30. The standard InChI is InChI=1S/C22H31N3O6/c1-13(26)10-16-15(18(27)24-16)11-14-8-9-23-17(12-14)25(19(28)30-21(2,3)4)20(29)31-22(5,6)7/h8-9,12,15-16H,10-11H2,1-7H3,(H,24,27)/t15-,16-/m1/s1. The van der Waals surface area contributed by atoms with Crippen molar-refractivity contribution < 1.29 is 28.7 Å². The highest BCUT2D eigenvalue weighted by Crippen LogP contribution is 2.26. The van der Waals surface area contributed by atoms with Gasteiger partial charge in [0.2, 0.25) is 5.91 Å². The molecule has 1 saturated heterocycles. The van der Waals surface area contributed by atoms with Crippen LogP contribution in [0.4, 0.5) is 15.4 Å². The van der Waals surface area contributed by atoms with Crippen molar-refractivity contribution in [3.63, 3.8) is 0 Å². The second-order valence-corrected chi connectivity index (χ2v) is 9.65. The molecule has 1 aromatic heterocycles. The normalized spacial score (nSPS) is 18.5. The lowest BCUT2D eigenvalue weighted by atomic mass is 9.82. The van der Waals surface area contributed by atoms with Crippen LogP contribution in [-0.4, -0.2) is 46.1 Å². The van der Waals surface area contributed by atoms with E-state index in [1.807, 2.05) is 0 Å². The van der Waals surface area contributed by atoms with E-state index in [4.69, 9.17) is 9.47 Å². The molecule has 3 amide bonds. The zero-order chi connectivity index (χ0) is 23.6. The van der Waals surface area contributed by atoms with Gasteiger partial charge in [-0.1, -0.05) is 0 Å². The number of nitrogens with one attached hydrogen (secondary N) is 1. The topological polar surface area (TPSA) is 115 Å². The Bertz CT molecular complexity index is 841. The molecule has 2 heterocycles. The number of hydrogen-bond acceptors (Lipinski definition) is 7. The fourth-order valence-electron chi connectivity index (χ4n) is 3.06. The molecule has 0 aromatic carbocycles. The lowest BCUT2D eigenvalue weighted by Gasteiger charge is -2.36. The molecule has 1 N–H and O–H groups in total. The molecule has 0 spiro atoms. The summed E-state index contributed by atoms with van der Waals surface area (Å²) in [4.78, 5) is 53.8. The average Bonchev–Trinajstić information content (AvgIpc) is 2.56. The summed E-state index contributed by atoms with van der Waals surface area (Å²) in [6.45, 7) is 11.6. The Hall–Kier alpha value is -2.97. The van der Waals surface area contributed by atoms with Crippen molar-refractivity contribution in [1.29, 1.82) is 0 Å². The fourth-order valence-corrected chi connectivity index (χ4v) is 3.06. The minimum Gasteiger partial charge on any atom is -0.443 e. The first kappa shape index (κ1) is 24.3. The molecule has 0 unspecified atom stereocenters. The van der Waals surface area contributed by atoms with Crippen LogP contribution in [-0.2, 0) is 25.5 Å². The number of amides is 3. The van der Waals surface area contributed by atoms with Crippen LogP contribution >= 0.6 is 0 Å². The van der Waals surface area contributed by atoms with E-state index in [-0.39, 0.29) is 35.9 Å². The van der Waals surface area contributed by atoms with E-state index in [1.165, 1.54) is 13.1 Å². The van der Waals surface area contributed by atoms with Crippen LogP contribution in [0.15, 0.2) is 18.3 Å². The van der Waals surface area contributed by atoms with Crippen molar-refractivity contribution in [2.75, 3.05) is 4.90 Å². The maximum Gasteiger partial charge on any atom is 0.425 e. The molecule has 31 heavy (non-hydrogen) atoms. The molecule has 9 nitrogen and oxygen atoms in total.